The number of methoxy groups -OCH3 is 1. The molecule has 180 valence electrons. The molecule has 1 N–H and O–H groups in total. The number of hydrogen-bond donors (Lipinski definition) is 1. The van der Waals surface area contributed by atoms with Gasteiger partial charge in [0, 0.05) is 24.8 Å². The minimum absolute atomic E-state index is 0.0134. The predicted molar refractivity (Wildman–Crippen MR) is 129 cm³/mol. The lowest BCUT2D eigenvalue weighted by Crippen LogP contribution is -2.37. The van der Waals surface area contributed by atoms with E-state index in [1.807, 2.05) is 44.2 Å². The SMILES string of the molecule is COC(=O)NC1CCN(c2nc3ccc(-c4c(C)noc4C)c4c3n2C(c2ccccn2)CO4)C1. The second-order valence-corrected chi connectivity index (χ2v) is 8.94. The molecule has 5 heterocycles. The number of ether oxygens (including phenoxy) is 2. The number of rotatable bonds is 4. The summed E-state index contributed by atoms with van der Waals surface area (Å²) >= 11 is 0. The van der Waals surface area contributed by atoms with Gasteiger partial charge in [-0.1, -0.05) is 11.2 Å². The molecule has 2 unspecified atom stereocenters. The van der Waals surface area contributed by atoms with Crippen molar-refractivity contribution in [1.82, 2.24) is 25.0 Å². The summed E-state index contributed by atoms with van der Waals surface area (Å²) in [5, 5.41) is 7.06. The second-order valence-electron chi connectivity index (χ2n) is 8.94. The summed E-state index contributed by atoms with van der Waals surface area (Å²) in [6.45, 7) is 5.66. The molecular weight excluding hydrogens is 448 g/mol. The molecule has 2 aliphatic rings. The van der Waals surface area contributed by atoms with Gasteiger partial charge in [-0.25, -0.2) is 9.78 Å². The van der Waals surface area contributed by atoms with Gasteiger partial charge in [0.1, 0.15) is 23.9 Å². The van der Waals surface area contributed by atoms with Crippen LogP contribution in [-0.4, -0.2) is 58.6 Å². The van der Waals surface area contributed by atoms with E-state index in [0.29, 0.717) is 13.2 Å². The van der Waals surface area contributed by atoms with E-state index in [4.69, 9.17) is 19.0 Å². The van der Waals surface area contributed by atoms with Gasteiger partial charge >= 0.3 is 6.09 Å². The van der Waals surface area contributed by atoms with Gasteiger partial charge in [0.05, 0.1) is 35.6 Å². The molecule has 0 aliphatic carbocycles. The Hall–Kier alpha value is -4.08. The van der Waals surface area contributed by atoms with E-state index in [0.717, 1.165) is 64.0 Å². The van der Waals surface area contributed by atoms with Crippen molar-refractivity contribution in [2.45, 2.75) is 32.4 Å². The van der Waals surface area contributed by atoms with Crippen molar-refractivity contribution in [2.75, 3.05) is 31.7 Å². The minimum atomic E-state index is -0.419. The van der Waals surface area contributed by atoms with E-state index >= 15 is 0 Å². The molecule has 1 fully saturated rings. The topological polar surface area (TPSA) is 108 Å². The molecule has 2 atom stereocenters. The molecule has 0 saturated carbocycles. The quantitative estimate of drug-likeness (QED) is 0.478. The molecular formula is C25H26N6O4. The molecule has 2 aliphatic heterocycles. The number of amides is 1. The van der Waals surface area contributed by atoms with Gasteiger partial charge < -0.3 is 24.2 Å². The summed E-state index contributed by atoms with van der Waals surface area (Å²) in [5.41, 5.74) is 5.36. The Morgan fingerprint density at radius 3 is 2.86 bits per heavy atom. The Balaban J connectivity index is 1.51. The summed E-state index contributed by atoms with van der Waals surface area (Å²) in [6, 6.07) is 9.79. The van der Waals surface area contributed by atoms with Crippen LogP contribution in [0.3, 0.4) is 0 Å². The largest absolute Gasteiger partial charge is 0.488 e. The molecule has 1 saturated heterocycles. The number of carbonyl (C=O) groups excluding carboxylic acids is 1. The number of hydrogen-bond acceptors (Lipinski definition) is 8. The lowest BCUT2D eigenvalue weighted by molar-refractivity contribution is 0.167. The maximum Gasteiger partial charge on any atom is 0.407 e. The molecule has 0 radical (unpaired) electrons. The van der Waals surface area contributed by atoms with Gasteiger partial charge in [-0.2, -0.15) is 0 Å². The number of aryl methyl sites for hydroxylation is 2. The smallest absolute Gasteiger partial charge is 0.407 e. The average Bonchev–Trinajstić information content (AvgIpc) is 3.58. The molecule has 1 amide bonds. The first kappa shape index (κ1) is 21.5. The summed E-state index contributed by atoms with van der Waals surface area (Å²) in [4.78, 5) is 23.6. The highest BCUT2D eigenvalue weighted by atomic mass is 16.5. The van der Waals surface area contributed by atoms with Gasteiger partial charge in [0.15, 0.2) is 5.75 Å². The Kier molecular flexibility index (Phi) is 5.09. The number of aromatic nitrogens is 4. The molecule has 3 aromatic heterocycles. The van der Waals surface area contributed by atoms with Crippen molar-refractivity contribution in [3.05, 3.63) is 53.7 Å². The molecule has 4 aromatic rings. The molecule has 10 nitrogen and oxygen atoms in total. The fourth-order valence-corrected chi connectivity index (χ4v) is 5.19. The van der Waals surface area contributed by atoms with Gasteiger partial charge in [-0.15, -0.1) is 0 Å². The molecule has 6 rings (SSSR count). The van der Waals surface area contributed by atoms with Crippen molar-refractivity contribution in [2.24, 2.45) is 0 Å². The fourth-order valence-electron chi connectivity index (χ4n) is 5.19. The number of carbonyl (C=O) groups is 1. The lowest BCUT2D eigenvalue weighted by atomic mass is 10.0. The number of nitrogens with one attached hydrogen (secondary N) is 1. The number of anilines is 1. The number of nitrogens with zero attached hydrogens (tertiary/aromatic N) is 5. The zero-order valence-electron chi connectivity index (χ0n) is 19.8. The first-order chi connectivity index (χ1) is 17.0. The standard InChI is InChI=1S/C25H26N6O4/c1-14-21(15(2)35-29-14)17-7-8-19-22-23(17)34-13-20(18-6-4-5-10-26-18)31(22)24(28-19)30-11-9-16(12-30)27-25(32)33-3/h4-8,10,16,20H,9,11-13H2,1-3H3,(H,27,32). The first-order valence-electron chi connectivity index (χ1n) is 11.7. The van der Waals surface area contributed by atoms with Gasteiger partial charge in [-0.3, -0.25) is 9.55 Å². The van der Waals surface area contributed by atoms with Crippen LogP contribution in [0.2, 0.25) is 0 Å². The van der Waals surface area contributed by atoms with Crippen LogP contribution in [0.25, 0.3) is 22.2 Å². The highest BCUT2D eigenvalue weighted by Crippen LogP contribution is 2.46. The fraction of sp³-hybridized carbons (Fsp3) is 0.360. The van der Waals surface area contributed by atoms with Crippen LogP contribution in [-0.2, 0) is 4.74 Å². The normalized spacial score (nSPS) is 19.1. The van der Waals surface area contributed by atoms with Crippen LogP contribution in [0.5, 0.6) is 5.75 Å². The predicted octanol–water partition coefficient (Wildman–Crippen LogP) is 3.62. The Bertz CT molecular complexity index is 1390. The van der Waals surface area contributed by atoms with Crippen molar-refractivity contribution < 1.29 is 18.8 Å². The summed E-state index contributed by atoms with van der Waals surface area (Å²) in [5.74, 6) is 2.35. The van der Waals surface area contributed by atoms with Crippen LogP contribution in [0, 0.1) is 13.8 Å². The van der Waals surface area contributed by atoms with Crippen molar-refractivity contribution in [3.63, 3.8) is 0 Å². The van der Waals surface area contributed by atoms with Crippen LogP contribution >= 0.6 is 0 Å². The zero-order chi connectivity index (χ0) is 24.1. The molecule has 10 heteroatoms. The van der Waals surface area contributed by atoms with Gasteiger partial charge in [0.25, 0.3) is 0 Å². The van der Waals surface area contributed by atoms with E-state index in [1.165, 1.54) is 7.11 Å². The third kappa shape index (κ3) is 3.48. The first-order valence-corrected chi connectivity index (χ1v) is 11.7. The van der Waals surface area contributed by atoms with Crippen LogP contribution < -0.4 is 15.0 Å². The third-order valence-electron chi connectivity index (χ3n) is 6.79. The summed E-state index contributed by atoms with van der Waals surface area (Å²) < 4.78 is 18.9. The van der Waals surface area contributed by atoms with Gasteiger partial charge in [0.2, 0.25) is 5.95 Å². The lowest BCUT2D eigenvalue weighted by Gasteiger charge is -2.30. The Labute approximate surface area is 201 Å². The monoisotopic (exact) mass is 474 g/mol. The van der Waals surface area contributed by atoms with Crippen molar-refractivity contribution >= 4 is 23.1 Å². The van der Waals surface area contributed by atoms with Crippen LogP contribution in [0.15, 0.2) is 41.1 Å². The Morgan fingerprint density at radius 1 is 1.23 bits per heavy atom. The summed E-state index contributed by atoms with van der Waals surface area (Å²) in [6.07, 6.45) is 2.18. The van der Waals surface area contributed by atoms with Crippen LogP contribution in [0.4, 0.5) is 10.7 Å². The van der Waals surface area contributed by atoms with E-state index in [2.05, 4.69) is 24.9 Å². The maximum atomic E-state index is 11.8. The van der Waals surface area contributed by atoms with Crippen molar-refractivity contribution in [1.29, 1.82) is 0 Å². The number of benzene rings is 1. The molecule has 0 bridgehead atoms. The minimum Gasteiger partial charge on any atom is -0.488 e. The van der Waals surface area contributed by atoms with E-state index in [-0.39, 0.29) is 12.1 Å². The zero-order valence-corrected chi connectivity index (χ0v) is 19.8. The van der Waals surface area contributed by atoms with Gasteiger partial charge in [-0.05, 0) is 44.5 Å². The average molecular weight is 475 g/mol. The van der Waals surface area contributed by atoms with Crippen LogP contribution in [0.1, 0.15) is 29.6 Å². The second kappa shape index (κ2) is 8.30. The van der Waals surface area contributed by atoms with E-state index in [9.17, 15) is 4.79 Å². The van der Waals surface area contributed by atoms with E-state index in [1.54, 1.807) is 6.20 Å². The number of pyridine rings is 1. The Morgan fingerprint density at radius 2 is 2.11 bits per heavy atom. The number of imidazole rings is 1. The molecule has 35 heavy (non-hydrogen) atoms. The molecule has 0 spiro atoms. The van der Waals surface area contributed by atoms with E-state index < -0.39 is 6.09 Å². The summed E-state index contributed by atoms with van der Waals surface area (Å²) in [7, 11) is 1.38. The molecule has 1 aromatic carbocycles. The highest BCUT2D eigenvalue weighted by Gasteiger charge is 2.35. The third-order valence-corrected chi connectivity index (χ3v) is 6.79. The number of alkyl carbamates (subject to hydrolysis) is 1. The maximum absolute atomic E-state index is 11.8. The highest BCUT2D eigenvalue weighted by molar-refractivity contribution is 5.94. The van der Waals surface area contributed by atoms with Crippen molar-refractivity contribution in [3.8, 4) is 16.9 Å².